The number of esters is 3. The summed E-state index contributed by atoms with van der Waals surface area (Å²) in [4.78, 5) is 49.0. The van der Waals surface area contributed by atoms with Crippen LogP contribution in [0.4, 0.5) is 0 Å². The van der Waals surface area contributed by atoms with Crippen LogP contribution in [0.15, 0.2) is 0 Å². The number of nitrogens with zero attached hydrogens (tertiary/aromatic N) is 3. The Morgan fingerprint density at radius 2 is 1.67 bits per heavy atom. The van der Waals surface area contributed by atoms with Gasteiger partial charge in [-0.15, -0.1) is 5.10 Å². The number of carbonyl (C=O) groups excluding carboxylic acids is 3. The molecule has 0 aromatic carbocycles. The predicted octanol–water partition coefficient (Wildman–Crippen LogP) is -0.391. The first-order valence-electron chi connectivity index (χ1n) is 7.89. The average molecular weight is 385 g/mol. The maximum atomic E-state index is 11.5. The third kappa shape index (κ3) is 4.78. The Morgan fingerprint density at radius 1 is 1.07 bits per heavy atom. The first-order valence-corrected chi connectivity index (χ1v) is 7.89. The van der Waals surface area contributed by atoms with E-state index in [4.69, 9.17) is 24.1 Å². The Bertz CT molecular complexity index is 760. The Balaban J connectivity index is 2.40. The zero-order valence-electron chi connectivity index (χ0n) is 15.1. The largest absolute Gasteiger partial charge is 0.475 e. The lowest BCUT2D eigenvalue weighted by molar-refractivity contribution is -0.166. The fourth-order valence-corrected chi connectivity index (χ4v) is 2.62. The fourth-order valence-electron chi connectivity index (χ4n) is 2.62. The zero-order valence-corrected chi connectivity index (χ0v) is 15.1. The van der Waals surface area contributed by atoms with Crippen LogP contribution < -0.4 is 0 Å². The molecule has 0 amide bonds. The molecule has 0 unspecified atom stereocenters. The van der Waals surface area contributed by atoms with Crippen LogP contribution in [0.3, 0.4) is 0 Å². The van der Waals surface area contributed by atoms with E-state index >= 15 is 0 Å². The lowest BCUT2D eigenvalue weighted by atomic mass is 10.1. The highest BCUT2D eigenvalue weighted by molar-refractivity contribution is 5.82. The molecule has 1 N–H and O–H groups in total. The van der Waals surface area contributed by atoms with Crippen molar-refractivity contribution in [2.75, 3.05) is 6.61 Å². The SMILES string of the molecule is CC(=O)OC[C@H]1O[C@@H](n2nc(C(=O)O)nc2C)[C@H](OC(C)=O)[C@@H]1OC(C)=O. The number of aryl methyl sites for hydroxylation is 1. The standard InChI is InChI=1S/C15H19N3O9/c1-6-16-13(15(22)23)17-18(6)14-12(26-9(4)21)11(25-8(3)20)10(27-14)5-24-7(2)19/h10-12,14H,5H2,1-4H3,(H,22,23)/t10-,11-,12-,14-/m1/s1. The highest BCUT2D eigenvalue weighted by Crippen LogP contribution is 2.34. The summed E-state index contributed by atoms with van der Waals surface area (Å²) in [6, 6.07) is 0. The van der Waals surface area contributed by atoms with Crippen LogP contribution in [0.5, 0.6) is 0 Å². The molecular formula is C15H19N3O9. The van der Waals surface area contributed by atoms with E-state index < -0.39 is 54.2 Å². The van der Waals surface area contributed by atoms with Crippen molar-refractivity contribution in [3.05, 3.63) is 11.6 Å². The van der Waals surface area contributed by atoms with E-state index in [1.807, 2.05) is 0 Å². The van der Waals surface area contributed by atoms with Crippen LogP contribution in [-0.4, -0.2) is 68.7 Å². The second-order valence-electron chi connectivity index (χ2n) is 5.75. The minimum Gasteiger partial charge on any atom is -0.475 e. The number of carboxylic acid groups (broad SMARTS) is 1. The summed E-state index contributed by atoms with van der Waals surface area (Å²) in [5, 5.41) is 12.9. The van der Waals surface area contributed by atoms with E-state index in [2.05, 4.69) is 10.1 Å². The molecule has 0 bridgehead atoms. The van der Waals surface area contributed by atoms with Crippen LogP contribution >= 0.6 is 0 Å². The van der Waals surface area contributed by atoms with Gasteiger partial charge in [0.25, 0.3) is 5.82 Å². The van der Waals surface area contributed by atoms with Crippen molar-refractivity contribution in [1.29, 1.82) is 0 Å². The van der Waals surface area contributed by atoms with Crippen molar-refractivity contribution >= 4 is 23.9 Å². The summed E-state index contributed by atoms with van der Waals surface area (Å²) in [6.45, 7) is 4.70. The normalized spacial score (nSPS) is 24.3. The number of aromatic carboxylic acids is 1. The minimum absolute atomic E-state index is 0.171. The van der Waals surface area contributed by atoms with Crippen molar-refractivity contribution in [2.24, 2.45) is 0 Å². The summed E-state index contributed by atoms with van der Waals surface area (Å²) < 4.78 is 22.2. The maximum Gasteiger partial charge on any atom is 0.375 e. The van der Waals surface area contributed by atoms with E-state index in [1.54, 1.807) is 0 Å². The Morgan fingerprint density at radius 3 is 2.15 bits per heavy atom. The smallest absolute Gasteiger partial charge is 0.375 e. The van der Waals surface area contributed by atoms with Gasteiger partial charge in [-0.2, -0.15) is 0 Å². The third-order valence-electron chi connectivity index (χ3n) is 3.57. The highest BCUT2D eigenvalue weighted by atomic mass is 16.7. The van der Waals surface area contributed by atoms with Crippen LogP contribution in [0.2, 0.25) is 0 Å². The molecule has 1 saturated heterocycles. The van der Waals surface area contributed by atoms with Gasteiger partial charge in [0.2, 0.25) is 0 Å². The van der Waals surface area contributed by atoms with Crippen molar-refractivity contribution in [3.63, 3.8) is 0 Å². The van der Waals surface area contributed by atoms with E-state index in [0.717, 1.165) is 18.5 Å². The van der Waals surface area contributed by atoms with Gasteiger partial charge in [-0.3, -0.25) is 14.4 Å². The van der Waals surface area contributed by atoms with Crippen molar-refractivity contribution in [3.8, 4) is 0 Å². The monoisotopic (exact) mass is 385 g/mol. The second kappa shape index (κ2) is 8.12. The molecule has 1 aliphatic rings. The Hall–Kier alpha value is -3.02. The molecule has 12 heteroatoms. The summed E-state index contributed by atoms with van der Waals surface area (Å²) in [5.74, 6) is -3.61. The molecule has 2 heterocycles. The van der Waals surface area contributed by atoms with Crippen LogP contribution in [-0.2, 0) is 33.3 Å². The van der Waals surface area contributed by atoms with Gasteiger partial charge in [0.05, 0.1) is 0 Å². The van der Waals surface area contributed by atoms with Gasteiger partial charge in [0, 0.05) is 20.8 Å². The molecule has 1 aliphatic heterocycles. The number of ether oxygens (including phenoxy) is 4. The fraction of sp³-hybridized carbons (Fsp3) is 0.600. The molecule has 4 atom stereocenters. The van der Waals surface area contributed by atoms with Gasteiger partial charge >= 0.3 is 23.9 Å². The van der Waals surface area contributed by atoms with Crippen molar-refractivity contribution < 1.29 is 43.2 Å². The van der Waals surface area contributed by atoms with Gasteiger partial charge in [-0.05, 0) is 6.92 Å². The number of aromatic nitrogens is 3. The Labute approximate surface area is 153 Å². The predicted molar refractivity (Wildman–Crippen MR) is 83.4 cm³/mol. The van der Waals surface area contributed by atoms with Crippen molar-refractivity contribution in [1.82, 2.24) is 14.8 Å². The third-order valence-corrected chi connectivity index (χ3v) is 3.57. The van der Waals surface area contributed by atoms with E-state index in [-0.39, 0.29) is 12.4 Å². The number of carboxylic acids is 1. The summed E-state index contributed by atoms with van der Waals surface area (Å²) in [7, 11) is 0. The van der Waals surface area contributed by atoms with Crippen molar-refractivity contribution in [2.45, 2.75) is 52.2 Å². The van der Waals surface area contributed by atoms with Gasteiger partial charge < -0.3 is 24.1 Å². The lowest BCUT2D eigenvalue weighted by Crippen LogP contribution is -2.40. The summed E-state index contributed by atoms with van der Waals surface area (Å²) in [6.07, 6.45) is -4.37. The molecule has 0 radical (unpaired) electrons. The first kappa shape index (κ1) is 20.3. The molecule has 1 aromatic rings. The van der Waals surface area contributed by atoms with Gasteiger partial charge in [-0.25, -0.2) is 14.5 Å². The van der Waals surface area contributed by atoms with Crippen LogP contribution in [0, 0.1) is 6.92 Å². The molecule has 1 fully saturated rings. The maximum absolute atomic E-state index is 11.5. The van der Waals surface area contributed by atoms with Crippen LogP contribution in [0.25, 0.3) is 0 Å². The highest BCUT2D eigenvalue weighted by Gasteiger charge is 2.51. The molecule has 1 aromatic heterocycles. The summed E-state index contributed by atoms with van der Waals surface area (Å²) in [5.41, 5.74) is 0. The van der Waals surface area contributed by atoms with Gasteiger partial charge in [0.1, 0.15) is 18.5 Å². The molecule has 0 spiro atoms. The van der Waals surface area contributed by atoms with E-state index in [1.165, 1.54) is 13.8 Å². The molecule has 148 valence electrons. The molecule has 2 rings (SSSR count). The first-order chi connectivity index (χ1) is 12.6. The zero-order chi connectivity index (χ0) is 20.3. The number of carbonyl (C=O) groups is 4. The second-order valence-corrected chi connectivity index (χ2v) is 5.75. The topological polar surface area (TPSA) is 156 Å². The molecule has 0 saturated carbocycles. The average Bonchev–Trinajstić information content (AvgIpc) is 3.06. The number of hydrogen-bond donors (Lipinski definition) is 1. The molecule has 0 aliphatic carbocycles. The summed E-state index contributed by atoms with van der Waals surface area (Å²) >= 11 is 0. The van der Waals surface area contributed by atoms with Gasteiger partial charge in [-0.1, -0.05) is 0 Å². The van der Waals surface area contributed by atoms with Crippen LogP contribution in [0.1, 0.15) is 43.4 Å². The van der Waals surface area contributed by atoms with Gasteiger partial charge in [0.15, 0.2) is 18.4 Å². The molecule has 12 nitrogen and oxygen atoms in total. The number of rotatable bonds is 6. The quantitative estimate of drug-likeness (QED) is 0.502. The minimum atomic E-state index is -1.35. The number of hydrogen-bond acceptors (Lipinski definition) is 10. The molecular weight excluding hydrogens is 366 g/mol. The Kier molecular flexibility index (Phi) is 6.10. The van der Waals surface area contributed by atoms with E-state index in [0.29, 0.717) is 0 Å². The van der Waals surface area contributed by atoms with E-state index in [9.17, 15) is 19.2 Å². The lowest BCUT2D eigenvalue weighted by Gasteiger charge is -2.23. The molecule has 27 heavy (non-hydrogen) atoms.